The Kier molecular flexibility index (Phi) is 4.78. The smallest absolute Gasteiger partial charge is 0.414 e. The molecule has 10 heteroatoms. The van der Waals surface area contributed by atoms with Gasteiger partial charge in [-0.2, -0.15) is 5.10 Å². The number of nitrogens with two attached hydrogens (primary N) is 1. The SMILES string of the molecule is Nc1ccc(CN2CCN(c3ccc(N4CC(CO)OC4=O)cc3F)C=N2)o1. The van der Waals surface area contributed by atoms with Crippen molar-refractivity contribution >= 4 is 29.7 Å². The first-order valence-corrected chi connectivity index (χ1v) is 8.82. The molecule has 1 aromatic carbocycles. The average Bonchev–Trinajstić information content (AvgIpc) is 3.27. The highest BCUT2D eigenvalue weighted by Crippen LogP contribution is 2.28. The number of cyclic esters (lactones) is 1. The predicted molar refractivity (Wildman–Crippen MR) is 100 cm³/mol. The van der Waals surface area contributed by atoms with E-state index in [2.05, 4.69) is 5.10 Å². The van der Waals surface area contributed by atoms with Gasteiger partial charge in [0.1, 0.15) is 24.0 Å². The van der Waals surface area contributed by atoms with E-state index in [9.17, 15) is 9.18 Å². The molecular formula is C18H20FN5O4. The lowest BCUT2D eigenvalue weighted by Crippen LogP contribution is -2.38. The van der Waals surface area contributed by atoms with Crippen LogP contribution in [0.3, 0.4) is 0 Å². The molecule has 2 aliphatic heterocycles. The van der Waals surface area contributed by atoms with Gasteiger partial charge in [-0.05, 0) is 24.3 Å². The number of rotatable bonds is 5. The third-order valence-electron chi connectivity index (χ3n) is 4.60. The molecular weight excluding hydrogens is 369 g/mol. The van der Waals surface area contributed by atoms with E-state index >= 15 is 0 Å². The molecule has 28 heavy (non-hydrogen) atoms. The number of furan rings is 1. The maximum atomic E-state index is 14.7. The van der Waals surface area contributed by atoms with Crippen molar-refractivity contribution in [2.75, 3.05) is 41.8 Å². The van der Waals surface area contributed by atoms with Crippen LogP contribution in [0.2, 0.25) is 0 Å². The van der Waals surface area contributed by atoms with Crippen molar-refractivity contribution in [1.29, 1.82) is 0 Å². The van der Waals surface area contributed by atoms with Gasteiger partial charge in [0.2, 0.25) is 0 Å². The third kappa shape index (κ3) is 3.58. The highest BCUT2D eigenvalue weighted by atomic mass is 19.1. The van der Waals surface area contributed by atoms with Crippen molar-refractivity contribution in [3.63, 3.8) is 0 Å². The van der Waals surface area contributed by atoms with Crippen LogP contribution in [0.4, 0.5) is 26.4 Å². The number of carbonyl (C=O) groups excluding carboxylic acids is 1. The molecule has 1 amide bonds. The molecule has 1 unspecified atom stereocenters. The topological polar surface area (TPSA) is 108 Å². The second-order valence-corrected chi connectivity index (χ2v) is 6.55. The normalized spacial score (nSPS) is 19.4. The molecule has 148 valence electrons. The van der Waals surface area contributed by atoms with Gasteiger partial charge in [-0.3, -0.25) is 9.91 Å². The van der Waals surface area contributed by atoms with Crippen molar-refractivity contribution in [3.8, 4) is 0 Å². The Morgan fingerprint density at radius 3 is 2.75 bits per heavy atom. The van der Waals surface area contributed by atoms with Gasteiger partial charge in [-0.1, -0.05) is 0 Å². The van der Waals surface area contributed by atoms with Crippen LogP contribution in [0.5, 0.6) is 0 Å². The Morgan fingerprint density at radius 2 is 2.14 bits per heavy atom. The predicted octanol–water partition coefficient (Wildman–Crippen LogP) is 1.58. The van der Waals surface area contributed by atoms with Crippen molar-refractivity contribution in [2.24, 2.45) is 5.10 Å². The number of anilines is 3. The molecule has 1 fully saturated rings. The van der Waals surface area contributed by atoms with Crippen LogP contribution in [0.1, 0.15) is 5.76 Å². The van der Waals surface area contributed by atoms with E-state index in [0.29, 0.717) is 42.7 Å². The average molecular weight is 389 g/mol. The van der Waals surface area contributed by atoms with Crippen LogP contribution in [0.25, 0.3) is 0 Å². The lowest BCUT2D eigenvalue weighted by molar-refractivity contribution is 0.0963. The lowest BCUT2D eigenvalue weighted by atomic mass is 10.2. The minimum absolute atomic E-state index is 0.186. The molecule has 0 bridgehead atoms. The fourth-order valence-electron chi connectivity index (χ4n) is 3.16. The number of carbonyl (C=O) groups is 1. The van der Waals surface area contributed by atoms with Crippen molar-refractivity contribution in [3.05, 3.63) is 41.9 Å². The third-order valence-corrected chi connectivity index (χ3v) is 4.60. The number of aliphatic hydroxyl groups excluding tert-OH is 1. The first-order chi connectivity index (χ1) is 13.5. The summed E-state index contributed by atoms with van der Waals surface area (Å²) in [4.78, 5) is 14.8. The van der Waals surface area contributed by atoms with E-state index in [0.717, 1.165) is 0 Å². The number of hydrogen-bond donors (Lipinski definition) is 2. The van der Waals surface area contributed by atoms with Crippen molar-refractivity contribution in [1.82, 2.24) is 5.01 Å². The summed E-state index contributed by atoms with van der Waals surface area (Å²) in [5, 5.41) is 15.2. The van der Waals surface area contributed by atoms with Gasteiger partial charge in [0.25, 0.3) is 0 Å². The van der Waals surface area contributed by atoms with E-state index in [4.69, 9.17) is 20.0 Å². The quantitative estimate of drug-likeness (QED) is 0.799. The highest BCUT2D eigenvalue weighted by Gasteiger charge is 2.32. The Morgan fingerprint density at radius 1 is 1.29 bits per heavy atom. The molecule has 3 N–H and O–H groups in total. The molecule has 0 saturated carbocycles. The Hall–Kier alpha value is -3.27. The molecule has 0 radical (unpaired) electrons. The highest BCUT2D eigenvalue weighted by molar-refractivity contribution is 5.90. The van der Waals surface area contributed by atoms with E-state index < -0.39 is 18.0 Å². The lowest BCUT2D eigenvalue weighted by Gasteiger charge is -2.30. The fraction of sp³-hybridized carbons (Fsp3) is 0.333. The standard InChI is InChI=1S/C18H20FN5O4/c19-15-7-12(24-9-14(10-25)28-18(24)26)1-3-16(15)22-5-6-23(21-11-22)8-13-2-4-17(20)27-13/h1-4,7,11,14,25H,5-6,8-10,20H2. The molecule has 9 nitrogen and oxygen atoms in total. The zero-order chi connectivity index (χ0) is 19.7. The van der Waals surface area contributed by atoms with Crippen LogP contribution in [-0.2, 0) is 11.3 Å². The van der Waals surface area contributed by atoms with Gasteiger partial charge >= 0.3 is 6.09 Å². The zero-order valence-electron chi connectivity index (χ0n) is 15.0. The van der Waals surface area contributed by atoms with Crippen LogP contribution >= 0.6 is 0 Å². The number of nitrogen functional groups attached to an aromatic ring is 1. The molecule has 1 atom stereocenters. The maximum Gasteiger partial charge on any atom is 0.414 e. The van der Waals surface area contributed by atoms with Crippen molar-refractivity contribution < 1.29 is 23.4 Å². The Bertz CT molecular complexity index is 902. The molecule has 2 aromatic rings. The number of hydrogen-bond acceptors (Lipinski definition) is 8. The minimum atomic E-state index is -0.597. The van der Waals surface area contributed by atoms with E-state index in [1.807, 2.05) is 0 Å². The summed E-state index contributed by atoms with van der Waals surface area (Å²) in [6.45, 7) is 1.51. The number of aliphatic hydroxyl groups is 1. The number of nitrogens with zero attached hydrogens (tertiary/aromatic N) is 4. The van der Waals surface area contributed by atoms with Crippen LogP contribution < -0.4 is 15.5 Å². The van der Waals surface area contributed by atoms with E-state index in [-0.39, 0.29) is 13.2 Å². The maximum absolute atomic E-state index is 14.7. The molecule has 0 aliphatic carbocycles. The van der Waals surface area contributed by atoms with Crippen LogP contribution in [0, 0.1) is 5.82 Å². The van der Waals surface area contributed by atoms with Crippen molar-refractivity contribution in [2.45, 2.75) is 12.6 Å². The summed E-state index contributed by atoms with van der Waals surface area (Å²) >= 11 is 0. The fourth-order valence-corrected chi connectivity index (χ4v) is 3.16. The molecule has 0 spiro atoms. The monoisotopic (exact) mass is 389 g/mol. The Balaban J connectivity index is 1.44. The summed E-state index contributed by atoms with van der Waals surface area (Å²) in [6.07, 6.45) is 0.361. The summed E-state index contributed by atoms with van der Waals surface area (Å²) < 4.78 is 25.0. The largest absolute Gasteiger partial charge is 0.444 e. The second kappa shape index (κ2) is 7.39. The molecule has 1 saturated heterocycles. The summed E-state index contributed by atoms with van der Waals surface area (Å²) in [5.41, 5.74) is 6.31. The van der Waals surface area contributed by atoms with E-state index in [1.54, 1.807) is 40.5 Å². The molecule has 3 heterocycles. The van der Waals surface area contributed by atoms with Gasteiger partial charge in [-0.15, -0.1) is 0 Å². The number of ether oxygens (including phenoxy) is 1. The molecule has 2 aliphatic rings. The number of halogens is 1. The van der Waals surface area contributed by atoms with Crippen LogP contribution in [0.15, 0.2) is 39.9 Å². The molecule has 4 rings (SSSR count). The van der Waals surface area contributed by atoms with Gasteiger partial charge < -0.3 is 24.9 Å². The van der Waals surface area contributed by atoms with Gasteiger partial charge in [0, 0.05) is 12.6 Å². The summed E-state index contributed by atoms with van der Waals surface area (Å²) in [5.74, 6) is 0.584. The Labute approximate surface area is 160 Å². The zero-order valence-corrected chi connectivity index (χ0v) is 15.0. The number of amides is 1. The first-order valence-electron chi connectivity index (χ1n) is 8.82. The number of benzene rings is 1. The first kappa shape index (κ1) is 18.1. The summed E-state index contributed by atoms with van der Waals surface area (Å²) in [7, 11) is 0. The van der Waals surface area contributed by atoms with Gasteiger partial charge in [0.05, 0.1) is 37.6 Å². The minimum Gasteiger partial charge on any atom is -0.444 e. The van der Waals surface area contributed by atoms with E-state index in [1.165, 1.54) is 11.0 Å². The number of hydrazone groups is 1. The second-order valence-electron chi connectivity index (χ2n) is 6.55. The molecule has 1 aromatic heterocycles. The van der Waals surface area contributed by atoms with Gasteiger partial charge in [-0.25, -0.2) is 9.18 Å². The summed E-state index contributed by atoms with van der Waals surface area (Å²) in [6, 6.07) is 8.00. The van der Waals surface area contributed by atoms with Crippen LogP contribution in [-0.4, -0.2) is 54.9 Å². The van der Waals surface area contributed by atoms with Gasteiger partial charge in [0.15, 0.2) is 5.88 Å².